The van der Waals surface area contributed by atoms with Crippen LogP contribution in [0.5, 0.6) is 5.75 Å². The Hall–Kier alpha value is -0.464. The van der Waals surface area contributed by atoms with E-state index in [1.54, 1.807) is 27.0 Å². The minimum absolute atomic E-state index is 0. The van der Waals surface area contributed by atoms with Crippen LogP contribution < -0.4 is 61.2 Å². The number of carboxylic acid groups (broad SMARTS) is 1. The van der Waals surface area contributed by atoms with Gasteiger partial charge in [-0.1, -0.05) is 32.1 Å². The molecule has 1 aromatic rings. The SMILES string of the molecule is COc1ccc(/C=C/C=N[C@H](C(=O)[O-])C(C)C)cc1.[K+]. The van der Waals surface area contributed by atoms with E-state index in [2.05, 4.69) is 4.99 Å². The van der Waals surface area contributed by atoms with E-state index in [4.69, 9.17) is 4.74 Å². The Labute approximate surface area is 162 Å². The molecule has 1 aromatic carbocycles. The van der Waals surface area contributed by atoms with Crippen molar-refractivity contribution in [2.45, 2.75) is 19.9 Å². The van der Waals surface area contributed by atoms with Crippen LogP contribution in [0, 0.1) is 5.92 Å². The molecule has 102 valence electrons. The maximum atomic E-state index is 10.8. The van der Waals surface area contributed by atoms with Crippen LogP contribution in [-0.2, 0) is 4.79 Å². The summed E-state index contributed by atoms with van der Waals surface area (Å²) in [4.78, 5) is 14.8. The molecule has 0 bridgehead atoms. The second kappa shape index (κ2) is 10.3. The Morgan fingerprint density at radius 2 is 1.90 bits per heavy atom. The largest absolute Gasteiger partial charge is 1.00 e. The van der Waals surface area contributed by atoms with Crippen LogP contribution in [-0.4, -0.2) is 25.3 Å². The summed E-state index contributed by atoms with van der Waals surface area (Å²) >= 11 is 0. The molecule has 0 aromatic heterocycles. The van der Waals surface area contributed by atoms with Crippen molar-refractivity contribution in [1.29, 1.82) is 0 Å². The van der Waals surface area contributed by atoms with Crippen LogP contribution in [0.25, 0.3) is 6.08 Å². The smallest absolute Gasteiger partial charge is 0.548 e. The van der Waals surface area contributed by atoms with Crippen molar-refractivity contribution in [3.05, 3.63) is 35.9 Å². The zero-order chi connectivity index (χ0) is 14.3. The summed E-state index contributed by atoms with van der Waals surface area (Å²) in [6.45, 7) is 3.59. The van der Waals surface area contributed by atoms with Crippen LogP contribution in [0.2, 0.25) is 0 Å². The topological polar surface area (TPSA) is 61.7 Å². The van der Waals surface area contributed by atoms with Gasteiger partial charge >= 0.3 is 51.4 Å². The Bertz CT molecular complexity index is 467. The molecule has 20 heavy (non-hydrogen) atoms. The van der Waals surface area contributed by atoms with Gasteiger partial charge in [-0.15, -0.1) is 0 Å². The van der Waals surface area contributed by atoms with Crippen molar-refractivity contribution in [2.24, 2.45) is 10.9 Å². The quantitative estimate of drug-likeness (QED) is 0.477. The van der Waals surface area contributed by atoms with Crippen LogP contribution >= 0.6 is 0 Å². The number of carbonyl (C=O) groups is 1. The summed E-state index contributed by atoms with van der Waals surface area (Å²) in [5.41, 5.74) is 0.988. The first-order valence-corrected chi connectivity index (χ1v) is 6.09. The minimum atomic E-state index is -1.15. The minimum Gasteiger partial charge on any atom is -0.548 e. The van der Waals surface area contributed by atoms with Crippen molar-refractivity contribution in [2.75, 3.05) is 7.11 Å². The number of nitrogens with zero attached hydrogens (tertiary/aromatic N) is 1. The number of benzene rings is 1. The van der Waals surface area contributed by atoms with E-state index in [0.717, 1.165) is 11.3 Å². The Morgan fingerprint density at radius 3 is 2.35 bits per heavy atom. The summed E-state index contributed by atoms with van der Waals surface area (Å²) in [5, 5.41) is 10.8. The molecule has 1 rings (SSSR count). The molecule has 0 fully saturated rings. The van der Waals surface area contributed by atoms with Crippen molar-refractivity contribution in [3.8, 4) is 5.75 Å². The number of carboxylic acids is 1. The van der Waals surface area contributed by atoms with Gasteiger partial charge in [-0.3, -0.25) is 4.99 Å². The molecular weight excluding hydrogens is 281 g/mol. The third kappa shape index (κ3) is 6.81. The molecule has 0 spiro atoms. The molecular formula is C15H18KNO3. The van der Waals surface area contributed by atoms with Crippen molar-refractivity contribution >= 4 is 18.3 Å². The fourth-order valence-corrected chi connectivity index (χ4v) is 1.52. The molecule has 0 aliphatic rings. The monoisotopic (exact) mass is 299 g/mol. The van der Waals surface area contributed by atoms with E-state index in [-0.39, 0.29) is 57.3 Å². The van der Waals surface area contributed by atoms with Gasteiger partial charge in [0.1, 0.15) is 5.75 Å². The maximum absolute atomic E-state index is 10.8. The molecule has 0 radical (unpaired) electrons. The predicted octanol–water partition coefficient (Wildman–Crippen LogP) is -1.44. The van der Waals surface area contributed by atoms with Crippen molar-refractivity contribution in [3.63, 3.8) is 0 Å². The van der Waals surface area contributed by atoms with Gasteiger partial charge in [0.05, 0.1) is 19.1 Å². The maximum Gasteiger partial charge on any atom is 1.00 e. The number of carbonyl (C=O) groups excluding carboxylic acids is 1. The average molecular weight is 299 g/mol. The number of aliphatic imine (C=N–C) groups is 1. The van der Waals surface area contributed by atoms with Gasteiger partial charge in [0.15, 0.2) is 0 Å². The first-order valence-electron chi connectivity index (χ1n) is 6.09. The van der Waals surface area contributed by atoms with E-state index < -0.39 is 12.0 Å². The fraction of sp³-hybridized carbons (Fsp3) is 0.333. The molecule has 0 amide bonds. The molecule has 0 saturated heterocycles. The second-order valence-electron chi connectivity index (χ2n) is 4.44. The summed E-state index contributed by atoms with van der Waals surface area (Å²) in [6, 6.07) is 6.72. The average Bonchev–Trinajstić information content (AvgIpc) is 2.38. The molecule has 0 aliphatic carbocycles. The number of hydrogen-bond acceptors (Lipinski definition) is 4. The van der Waals surface area contributed by atoms with Gasteiger partial charge < -0.3 is 14.6 Å². The summed E-state index contributed by atoms with van der Waals surface area (Å²) < 4.78 is 5.06. The van der Waals surface area contributed by atoms with E-state index >= 15 is 0 Å². The zero-order valence-corrected chi connectivity index (χ0v) is 15.5. The van der Waals surface area contributed by atoms with Gasteiger partial charge in [-0.25, -0.2) is 0 Å². The van der Waals surface area contributed by atoms with Crippen molar-refractivity contribution in [1.82, 2.24) is 0 Å². The molecule has 0 N–H and O–H groups in total. The predicted molar refractivity (Wildman–Crippen MR) is 74.2 cm³/mol. The van der Waals surface area contributed by atoms with Crippen LogP contribution in [0.4, 0.5) is 0 Å². The normalized spacial score (nSPS) is 12.6. The summed E-state index contributed by atoms with van der Waals surface area (Å²) in [7, 11) is 1.61. The summed E-state index contributed by atoms with van der Waals surface area (Å²) in [5.74, 6) is -0.442. The van der Waals surface area contributed by atoms with Crippen LogP contribution in [0.3, 0.4) is 0 Å². The molecule has 0 aliphatic heterocycles. The standard InChI is InChI=1S/C15H19NO3.K/c1-11(2)14(15(17)18)16-10-4-5-12-6-8-13(19-3)9-7-12;/h4-11,14H,1-3H3,(H,17,18);/q;+1/p-1/b5-4+,16-10?;/t14-;/m0./s1. The third-order valence-electron chi connectivity index (χ3n) is 2.61. The second-order valence-corrected chi connectivity index (χ2v) is 4.44. The van der Waals surface area contributed by atoms with Crippen LogP contribution in [0.1, 0.15) is 19.4 Å². The van der Waals surface area contributed by atoms with Gasteiger partial charge in [0, 0.05) is 6.21 Å². The first kappa shape index (κ1) is 19.5. The Balaban J connectivity index is 0.00000361. The van der Waals surface area contributed by atoms with Gasteiger partial charge in [-0.05, 0) is 29.7 Å². The zero-order valence-electron chi connectivity index (χ0n) is 12.4. The number of aliphatic carboxylic acids is 1. The van der Waals surface area contributed by atoms with E-state index in [1.165, 1.54) is 6.21 Å². The Kier molecular flexibility index (Phi) is 10.1. The third-order valence-corrected chi connectivity index (χ3v) is 2.61. The number of rotatable bonds is 6. The van der Waals surface area contributed by atoms with Gasteiger partial charge in [-0.2, -0.15) is 0 Å². The number of allylic oxidation sites excluding steroid dienone is 1. The van der Waals surface area contributed by atoms with Crippen LogP contribution in [0.15, 0.2) is 35.3 Å². The molecule has 4 nitrogen and oxygen atoms in total. The molecule has 1 atom stereocenters. The van der Waals surface area contributed by atoms with E-state index in [0.29, 0.717) is 0 Å². The Morgan fingerprint density at radius 1 is 1.30 bits per heavy atom. The molecule has 0 heterocycles. The van der Waals surface area contributed by atoms with Crippen molar-refractivity contribution < 1.29 is 66.0 Å². The van der Waals surface area contributed by atoms with Gasteiger partial charge in [0.25, 0.3) is 0 Å². The van der Waals surface area contributed by atoms with Gasteiger partial charge in [0.2, 0.25) is 0 Å². The molecule has 0 unspecified atom stereocenters. The molecule has 5 heteroatoms. The number of methoxy groups -OCH3 is 1. The number of ether oxygens (including phenoxy) is 1. The summed E-state index contributed by atoms with van der Waals surface area (Å²) in [6.07, 6.45) is 5.04. The first-order chi connectivity index (χ1) is 9.04. The van der Waals surface area contributed by atoms with E-state index in [1.807, 2.05) is 30.3 Å². The van der Waals surface area contributed by atoms with E-state index in [9.17, 15) is 9.90 Å². The number of hydrogen-bond donors (Lipinski definition) is 0. The molecule has 0 saturated carbocycles. The fourth-order valence-electron chi connectivity index (χ4n) is 1.52.